The Kier molecular flexibility index (Phi) is 3.95. The number of benzene rings is 2. The van der Waals surface area contributed by atoms with Gasteiger partial charge in [-0.2, -0.15) is 0 Å². The van der Waals surface area contributed by atoms with Crippen LogP contribution in [0.15, 0.2) is 47.5 Å². The molecule has 3 aromatic rings. The number of nitrogens with one attached hydrogen (secondary N) is 1. The average Bonchev–Trinajstić information content (AvgIpc) is 2.56. The van der Waals surface area contributed by atoms with E-state index in [9.17, 15) is 19.3 Å². The van der Waals surface area contributed by atoms with Crippen molar-refractivity contribution in [2.24, 2.45) is 0 Å². The lowest BCUT2D eigenvalue weighted by atomic mass is 10.1. The summed E-state index contributed by atoms with van der Waals surface area (Å²) in [6.45, 7) is 0.141. The maximum Gasteiger partial charge on any atom is 0.293 e. The van der Waals surface area contributed by atoms with Gasteiger partial charge in [-0.25, -0.2) is 9.37 Å². The molecule has 1 heterocycles. The highest BCUT2D eigenvalue weighted by molar-refractivity contribution is 5.86. The quantitative estimate of drug-likeness (QED) is 0.587. The Morgan fingerprint density at radius 1 is 1.33 bits per heavy atom. The first-order valence-corrected chi connectivity index (χ1v) is 7.07. The molecule has 8 heteroatoms. The zero-order valence-electron chi connectivity index (χ0n) is 12.7. The van der Waals surface area contributed by atoms with Crippen molar-refractivity contribution in [2.75, 3.05) is 11.9 Å². The summed E-state index contributed by atoms with van der Waals surface area (Å²) in [7, 11) is 1.62. The number of anilines is 1. The second kappa shape index (κ2) is 6.07. The molecular formula is C16H13FN4O3. The fourth-order valence-corrected chi connectivity index (χ4v) is 2.51. The maximum absolute atomic E-state index is 13.8. The molecule has 1 N–H and O–H groups in total. The Morgan fingerprint density at radius 3 is 2.79 bits per heavy atom. The van der Waals surface area contributed by atoms with E-state index in [2.05, 4.69) is 9.97 Å². The van der Waals surface area contributed by atoms with Crippen LogP contribution in [0.5, 0.6) is 0 Å². The molecule has 122 valence electrons. The second-order valence-corrected chi connectivity index (χ2v) is 5.29. The summed E-state index contributed by atoms with van der Waals surface area (Å²) in [5.74, 6) is -0.387. The molecular weight excluding hydrogens is 315 g/mol. The Hall–Kier alpha value is -3.29. The Balaban J connectivity index is 2.10. The van der Waals surface area contributed by atoms with Crippen LogP contribution in [0.25, 0.3) is 10.9 Å². The third kappa shape index (κ3) is 2.81. The Labute approximate surface area is 135 Å². The zero-order valence-corrected chi connectivity index (χ0v) is 12.7. The molecule has 3 rings (SSSR count). The van der Waals surface area contributed by atoms with Crippen LogP contribution in [-0.2, 0) is 6.54 Å². The third-order valence-corrected chi connectivity index (χ3v) is 3.71. The van der Waals surface area contributed by atoms with Crippen LogP contribution >= 0.6 is 0 Å². The summed E-state index contributed by atoms with van der Waals surface area (Å²) in [4.78, 5) is 30.6. The highest BCUT2D eigenvalue weighted by atomic mass is 19.1. The molecule has 0 atom stereocenters. The highest BCUT2D eigenvalue weighted by Gasteiger charge is 2.20. The van der Waals surface area contributed by atoms with Gasteiger partial charge < -0.3 is 9.88 Å². The number of hydrogen-bond acceptors (Lipinski definition) is 5. The van der Waals surface area contributed by atoms with Gasteiger partial charge in [-0.15, -0.1) is 0 Å². The molecule has 0 aliphatic carbocycles. The molecule has 24 heavy (non-hydrogen) atoms. The first-order valence-electron chi connectivity index (χ1n) is 7.07. The van der Waals surface area contributed by atoms with E-state index < -0.39 is 10.5 Å². The summed E-state index contributed by atoms with van der Waals surface area (Å²) in [6.07, 6.45) is 1.23. The van der Waals surface area contributed by atoms with Crippen LogP contribution in [-0.4, -0.2) is 21.9 Å². The molecule has 0 spiro atoms. The van der Waals surface area contributed by atoms with E-state index in [-0.39, 0.29) is 29.1 Å². The van der Waals surface area contributed by atoms with Crippen molar-refractivity contribution < 1.29 is 9.31 Å². The Bertz CT molecular complexity index is 986. The van der Waals surface area contributed by atoms with Gasteiger partial charge in [0.05, 0.1) is 22.2 Å². The van der Waals surface area contributed by atoms with E-state index in [4.69, 9.17) is 0 Å². The van der Waals surface area contributed by atoms with Gasteiger partial charge in [0.1, 0.15) is 11.5 Å². The lowest BCUT2D eigenvalue weighted by Gasteiger charge is -2.20. The number of aromatic nitrogens is 2. The highest BCUT2D eigenvalue weighted by Crippen LogP contribution is 2.31. The monoisotopic (exact) mass is 328 g/mol. The van der Waals surface area contributed by atoms with Gasteiger partial charge in [-0.3, -0.25) is 14.9 Å². The fraction of sp³-hybridized carbons (Fsp3) is 0.125. The van der Waals surface area contributed by atoms with Crippen molar-refractivity contribution >= 4 is 22.3 Å². The largest absolute Gasteiger partial charge is 0.365 e. The predicted molar refractivity (Wildman–Crippen MR) is 87.5 cm³/mol. The molecule has 1 aromatic heterocycles. The van der Waals surface area contributed by atoms with Crippen LogP contribution < -0.4 is 10.5 Å². The number of aromatic amines is 1. The zero-order chi connectivity index (χ0) is 17.3. The van der Waals surface area contributed by atoms with Gasteiger partial charge in [0, 0.05) is 25.2 Å². The van der Waals surface area contributed by atoms with Crippen molar-refractivity contribution in [1.82, 2.24) is 9.97 Å². The number of fused-ring (bicyclic) bond motifs is 1. The molecule has 0 unspecified atom stereocenters. The van der Waals surface area contributed by atoms with Gasteiger partial charge in [-0.1, -0.05) is 18.2 Å². The number of H-pyrrole nitrogens is 1. The van der Waals surface area contributed by atoms with Crippen molar-refractivity contribution in [3.63, 3.8) is 0 Å². The number of halogens is 1. The summed E-state index contributed by atoms with van der Waals surface area (Å²) >= 11 is 0. The van der Waals surface area contributed by atoms with Gasteiger partial charge >= 0.3 is 0 Å². The van der Waals surface area contributed by atoms with Crippen LogP contribution in [0.1, 0.15) is 5.56 Å². The fourth-order valence-electron chi connectivity index (χ4n) is 2.51. The van der Waals surface area contributed by atoms with Gasteiger partial charge in [-0.05, 0) is 12.1 Å². The Morgan fingerprint density at radius 2 is 2.08 bits per heavy atom. The molecule has 0 saturated heterocycles. The van der Waals surface area contributed by atoms with E-state index in [1.807, 2.05) is 0 Å². The number of hydrogen-bond donors (Lipinski definition) is 1. The van der Waals surface area contributed by atoms with E-state index in [0.29, 0.717) is 11.1 Å². The smallest absolute Gasteiger partial charge is 0.293 e. The minimum Gasteiger partial charge on any atom is -0.365 e. The summed E-state index contributed by atoms with van der Waals surface area (Å²) in [6, 6.07) is 8.87. The van der Waals surface area contributed by atoms with Crippen molar-refractivity contribution in [3.8, 4) is 0 Å². The van der Waals surface area contributed by atoms with Crippen LogP contribution in [0.2, 0.25) is 0 Å². The first kappa shape index (κ1) is 15.6. The normalized spacial score (nSPS) is 10.8. The first-order chi connectivity index (χ1) is 11.5. The summed E-state index contributed by atoms with van der Waals surface area (Å²) in [5, 5.41) is 11.5. The SMILES string of the molecule is CN(Cc1ccccc1F)c1cc2nc[nH]c(=O)c2cc1[N+](=O)[O-]. The lowest BCUT2D eigenvalue weighted by Crippen LogP contribution is -2.19. The molecule has 7 nitrogen and oxygen atoms in total. The molecule has 0 amide bonds. The summed E-state index contributed by atoms with van der Waals surface area (Å²) in [5.41, 5.74) is 0.313. The minimum absolute atomic E-state index is 0.132. The lowest BCUT2D eigenvalue weighted by molar-refractivity contribution is -0.384. The molecule has 0 bridgehead atoms. The predicted octanol–water partition coefficient (Wildman–Crippen LogP) is 2.61. The molecule has 2 aromatic carbocycles. The van der Waals surface area contributed by atoms with Crippen LogP contribution in [0.3, 0.4) is 0 Å². The van der Waals surface area contributed by atoms with Crippen molar-refractivity contribution in [2.45, 2.75) is 6.54 Å². The second-order valence-electron chi connectivity index (χ2n) is 5.29. The number of nitro groups is 1. The van der Waals surface area contributed by atoms with E-state index in [1.165, 1.54) is 24.5 Å². The van der Waals surface area contributed by atoms with Crippen LogP contribution in [0.4, 0.5) is 15.8 Å². The molecule has 0 aliphatic rings. The number of nitro benzene ring substituents is 1. The van der Waals surface area contributed by atoms with E-state index in [1.54, 1.807) is 30.1 Å². The summed E-state index contributed by atoms with van der Waals surface area (Å²) < 4.78 is 13.8. The number of nitrogens with zero attached hydrogens (tertiary/aromatic N) is 3. The molecule has 0 aliphatic heterocycles. The van der Waals surface area contributed by atoms with Gasteiger partial charge in [0.25, 0.3) is 11.2 Å². The molecule has 0 radical (unpaired) electrons. The van der Waals surface area contributed by atoms with E-state index >= 15 is 0 Å². The number of rotatable bonds is 4. The minimum atomic E-state index is -0.570. The topological polar surface area (TPSA) is 92.1 Å². The van der Waals surface area contributed by atoms with Gasteiger partial charge in [0.2, 0.25) is 0 Å². The maximum atomic E-state index is 13.8. The average molecular weight is 328 g/mol. The van der Waals surface area contributed by atoms with Crippen LogP contribution in [0, 0.1) is 15.9 Å². The third-order valence-electron chi connectivity index (χ3n) is 3.71. The van der Waals surface area contributed by atoms with Crippen molar-refractivity contribution in [1.29, 1.82) is 0 Å². The van der Waals surface area contributed by atoms with Gasteiger partial charge in [0.15, 0.2) is 0 Å². The standard InChI is InChI=1S/C16H13FN4O3/c1-20(8-10-4-2-3-5-12(10)17)14-7-13-11(6-15(14)21(23)24)16(22)19-9-18-13/h2-7,9H,8H2,1H3,(H,18,19,22). The molecule has 0 fully saturated rings. The van der Waals surface area contributed by atoms with E-state index in [0.717, 1.165) is 0 Å². The van der Waals surface area contributed by atoms with Crippen molar-refractivity contribution in [3.05, 3.63) is 74.6 Å². The molecule has 0 saturated carbocycles.